The highest BCUT2D eigenvalue weighted by Gasteiger charge is 2.19. The molecular formula is C17H28N4O6+2. The number of carbonyl (C=O) groups is 2. The number of hydrogen-bond donors (Lipinski definition) is 2. The molecule has 2 rings (SSSR count). The fourth-order valence-corrected chi connectivity index (χ4v) is 2.42. The summed E-state index contributed by atoms with van der Waals surface area (Å²) >= 11 is 0. The first-order chi connectivity index (χ1) is 13.1. The molecule has 0 bridgehead atoms. The Hall–Kier alpha value is -2.91. The molecule has 0 saturated carbocycles. The van der Waals surface area contributed by atoms with Gasteiger partial charge in [-0.25, -0.2) is 10.0 Å². The van der Waals surface area contributed by atoms with Crippen LogP contribution in [0.4, 0.5) is 4.79 Å². The van der Waals surface area contributed by atoms with Crippen LogP contribution in [0.15, 0.2) is 24.5 Å². The first-order valence-corrected chi connectivity index (χ1v) is 9.04. The molecule has 0 aromatic carbocycles. The monoisotopic (exact) mass is 384 g/mol. The molecule has 0 aliphatic carbocycles. The van der Waals surface area contributed by atoms with Gasteiger partial charge in [-0.2, -0.15) is 9.40 Å². The maximum atomic E-state index is 12.0. The Bertz CT molecular complexity index is 619. The lowest BCUT2D eigenvalue weighted by molar-refractivity contribution is -0.975. The predicted octanol–water partition coefficient (Wildman–Crippen LogP) is 1.41. The highest BCUT2D eigenvalue weighted by atomic mass is 16.9. The van der Waals surface area contributed by atoms with Crippen molar-refractivity contribution in [1.82, 2.24) is 10.2 Å². The number of nitrogens with one attached hydrogen (secondary N) is 1. The number of hydrogen-bond acceptors (Lipinski definition) is 5. The second kappa shape index (κ2) is 12.4. The molecule has 10 nitrogen and oxygen atoms in total. The Labute approximate surface area is 158 Å². The summed E-state index contributed by atoms with van der Waals surface area (Å²) in [6, 6.07) is 3.26. The first-order valence-electron chi connectivity index (χ1n) is 9.04. The molecule has 0 radical (unpaired) electrons. The van der Waals surface area contributed by atoms with Crippen LogP contribution in [-0.2, 0) is 16.3 Å². The number of carbonyl (C=O) groups excluding carboxylic acids is 2. The number of rotatable bonds is 7. The summed E-state index contributed by atoms with van der Waals surface area (Å²) < 4.78 is 6.84. The Morgan fingerprint density at radius 3 is 2.67 bits per heavy atom. The van der Waals surface area contributed by atoms with E-state index in [1.54, 1.807) is 34.0 Å². The molecule has 1 aliphatic rings. The van der Waals surface area contributed by atoms with Crippen LogP contribution < -0.4 is 9.88 Å². The van der Waals surface area contributed by atoms with E-state index >= 15 is 0 Å². The lowest BCUT2D eigenvalue weighted by Gasteiger charge is -2.25. The summed E-state index contributed by atoms with van der Waals surface area (Å²) in [4.78, 5) is 40.0. The van der Waals surface area contributed by atoms with Crippen molar-refractivity contribution in [1.29, 1.82) is 0 Å². The van der Waals surface area contributed by atoms with Crippen LogP contribution in [-0.4, -0.2) is 53.4 Å². The van der Waals surface area contributed by atoms with E-state index in [2.05, 4.69) is 10.2 Å². The van der Waals surface area contributed by atoms with Crippen molar-refractivity contribution >= 4 is 12.0 Å². The van der Waals surface area contributed by atoms with Crippen molar-refractivity contribution < 1.29 is 34.0 Å². The summed E-state index contributed by atoms with van der Waals surface area (Å²) in [6.07, 6.45) is 5.98. The Kier molecular flexibility index (Phi) is 10.2. The second-order valence-corrected chi connectivity index (χ2v) is 5.52. The standard InChI is InChI=1S/C15H21N4O6.C2H6/c20-14(16-6-10-25-19(22)23)13-5-4-7-17(11-13)12-24-15(21)18-8-2-1-3-9-18;1-2/h4-5,7,11H,1-3,6,8-10,12H2,(H-,16,20,22,23);1-2H3/q+1;/p+1. The SMILES string of the molecule is CC.O=C(NCCO[N+](=O)O)c1ccc[n+](COC(=O)N2CCCCC2)c1. The minimum atomic E-state index is -0.667. The van der Waals surface area contributed by atoms with Crippen LogP contribution in [0.3, 0.4) is 0 Å². The number of likely N-dealkylation sites (tertiary alicyclic amines) is 1. The van der Waals surface area contributed by atoms with Crippen molar-refractivity contribution in [3.63, 3.8) is 0 Å². The molecule has 0 unspecified atom stereocenters. The molecule has 1 fully saturated rings. The maximum Gasteiger partial charge on any atom is 0.475 e. The third-order valence-corrected chi connectivity index (χ3v) is 3.66. The quantitative estimate of drug-likeness (QED) is 0.418. The van der Waals surface area contributed by atoms with Crippen LogP contribution in [0.1, 0.15) is 43.5 Å². The van der Waals surface area contributed by atoms with Crippen molar-refractivity contribution in [2.75, 3.05) is 26.2 Å². The predicted molar refractivity (Wildman–Crippen MR) is 93.6 cm³/mol. The third-order valence-electron chi connectivity index (χ3n) is 3.66. The van der Waals surface area contributed by atoms with E-state index in [4.69, 9.17) is 9.94 Å². The minimum Gasteiger partial charge on any atom is -0.388 e. The molecule has 0 spiro atoms. The topological polar surface area (TPSA) is 112 Å². The molecule has 1 aromatic heterocycles. The molecule has 2 N–H and O–H groups in total. The Morgan fingerprint density at radius 2 is 2.00 bits per heavy atom. The normalized spacial score (nSPS) is 13.0. The van der Waals surface area contributed by atoms with E-state index in [0.717, 1.165) is 19.3 Å². The lowest BCUT2D eigenvalue weighted by atomic mass is 10.1. The first kappa shape index (κ1) is 22.1. The fraction of sp³-hybridized carbons (Fsp3) is 0.588. The van der Waals surface area contributed by atoms with Gasteiger partial charge in [0.05, 0.1) is 6.54 Å². The van der Waals surface area contributed by atoms with Crippen LogP contribution in [0.5, 0.6) is 0 Å². The van der Waals surface area contributed by atoms with Gasteiger partial charge in [-0.05, 0) is 25.3 Å². The Balaban J connectivity index is 0.00000176. The van der Waals surface area contributed by atoms with E-state index in [9.17, 15) is 14.5 Å². The molecule has 27 heavy (non-hydrogen) atoms. The number of amides is 2. The second-order valence-electron chi connectivity index (χ2n) is 5.52. The van der Waals surface area contributed by atoms with Crippen molar-refractivity contribution in [2.24, 2.45) is 0 Å². The summed E-state index contributed by atoms with van der Waals surface area (Å²) in [6.45, 7) is 5.32. The summed E-state index contributed by atoms with van der Waals surface area (Å²) in [7, 11) is 0. The van der Waals surface area contributed by atoms with Gasteiger partial charge in [-0.3, -0.25) is 4.79 Å². The van der Waals surface area contributed by atoms with E-state index in [1.165, 1.54) is 0 Å². The minimum absolute atomic E-state index is 0.00915. The van der Waals surface area contributed by atoms with E-state index in [0.29, 0.717) is 18.7 Å². The van der Waals surface area contributed by atoms with Gasteiger partial charge in [0, 0.05) is 19.2 Å². The smallest absolute Gasteiger partial charge is 0.388 e. The van der Waals surface area contributed by atoms with Crippen molar-refractivity contribution in [2.45, 2.75) is 39.8 Å². The van der Waals surface area contributed by atoms with E-state index in [1.807, 2.05) is 13.8 Å². The number of ether oxygens (including phenoxy) is 1. The van der Waals surface area contributed by atoms with Crippen LogP contribution in [0.25, 0.3) is 0 Å². The molecule has 1 aliphatic heterocycles. The zero-order chi connectivity index (χ0) is 20.1. The average molecular weight is 384 g/mol. The molecule has 2 heterocycles. The summed E-state index contributed by atoms with van der Waals surface area (Å²) in [5, 5.41) is 10.1. The largest absolute Gasteiger partial charge is 0.475 e. The van der Waals surface area contributed by atoms with Gasteiger partial charge in [0.1, 0.15) is 10.5 Å². The van der Waals surface area contributed by atoms with Gasteiger partial charge in [0.25, 0.3) is 12.6 Å². The van der Waals surface area contributed by atoms with Crippen molar-refractivity contribution in [3.05, 3.63) is 35.0 Å². The number of aromatic nitrogens is 1. The summed E-state index contributed by atoms with van der Waals surface area (Å²) in [5.74, 6) is -0.379. The van der Waals surface area contributed by atoms with E-state index in [-0.39, 0.29) is 31.9 Å². The van der Waals surface area contributed by atoms with Crippen LogP contribution >= 0.6 is 0 Å². The van der Waals surface area contributed by atoms with Gasteiger partial charge in [0.15, 0.2) is 19.0 Å². The molecule has 1 saturated heterocycles. The average Bonchev–Trinajstić information content (AvgIpc) is 2.71. The highest BCUT2D eigenvalue weighted by Crippen LogP contribution is 2.09. The fourth-order valence-electron chi connectivity index (χ4n) is 2.42. The molecule has 150 valence electrons. The van der Waals surface area contributed by atoms with Gasteiger partial charge < -0.3 is 15.0 Å². The van der Waals surface area contributed by atoms with Gasteiger partial charge in [0.2, 0.25) is 0 Å². The van der Waals surface area contributed by atoms with Crippen molar-refractivity contribution in [3.8, 4) is 0 Å². The zero-order valence-electron chi connectivity index (χ0n) is 15.8. The van der Waals surface area contributed by atoms with E-state index < -0.39 is 5.09 Å². The van der Waals surface area contributed by atoms with Gasteiger partial charge >= 0.3 is 11.2 Å². The zero-order valence-corrected chi connectivity index (χ0v) is 15.8. The summed E-state index contributed by atoms with van der Waals surface area (Å²) in [5.41, 5.74) is 0.361. The van der Waals surface area contributed by atoms with Gasteiger partial charge in [-0.1, -0.05) is 13.8 Å². The Morgan fingerprint density at radius 1 is 1.30 bits per heavy atom. The number of nitrogens with zero attached hydrogens (tertiary/aromatic N) is 3. The maximum absolute atomic E-state index is 12.0. The van der Waals surface area contributed by atoms with Crippen LogP contribution in [0.2, 0.25) is 0 Å². The third kappa shape index (κ3) is 8.34. The molecule has 2 amide bonds. The number of pyridine rings is 1. The molecule has 0 atom stereocenters. The number of piperidine rings is 1. The highest BCUT2D eigenvalue weighted by molar-refractivity contribution is 5.93. The lowest BCUT2D eigenvalue weighted by Crippen LogP contribution is -2.42. The van der Waals surface area contributed by atoms with Crippen LogP contribution in [0, 0.1) is 4.91 Å². The molecule has 10 heteroatoms. The molecular weight excluding hydrogens is 356 g/mol. The molecule has 1 aromatic rings. The van der Waals surface area contributed by atoms with Gasteiger partial charge in [-0.15, -0.1) is 0 Å².